The summed E-state index contributed by atoms with van der Waals surface area (Å²) in [5.74, 6) is -1.32. The van der Waals surface area contributed by atoms with Gasteiger partial charge in [-0.25, -0.2) is 4.79 Å². The first kappa shape index (κ1) is 15.7. The standard InChI is InChI=1S/C14H21NO3S/c1-6-9-7-10(19-8(9)2)12(16)15-11(13(17)18)14(3,4)5/h7,11H,6H2,1-5H3,(H,15,16)(H,17,18). The summed E-state index contributed by atoms with van der Waals surface area (Å²) in [7, 11) is 0. The molecule has 0 saturated heterocycles. The van der Waals surface area contributed by atoms with Crippen LogP contribution in [0.1, 0.15) is 47.8 Å². The van der Waals surface area contributed by atoms with Gasteiger partial charge in [-0.3, -0.25) is 4.79 Å². The van der Waals surface area contributed by atoms with Crippen LogP contribution in [0.25, 0.3) is 0 Å². The molecule has 1 atom stereocenters. The molecule has 5 heteroatoms. The fourth-order valence-corrected chi connectivity index (χ4v) is 2.85. The predicted octanol–water partition coefficient (Wildman–Crippen LogP) is 2.85. The lowest BCUT2D eigenvalue weighted by Crippen LogP contribution is -2.48. The first-order valence-corrected chi connectivity index (χ1v) is 7.11. The molecule has 0 aromatic carbocycles. The lowest BCUT2D eigenvalue weighted by molar-refractivity contribution is -0.142. The van der Waals surface area contributed by atoms with Crippen molar-refractivity contribution >= 4 is 23.2 Å². The van der Waals surface area contributed by atoms with Gasteiger partial charge in [0.25, 0.3) is 5.91 Å². The maximum absolute atomic E-state index is 12.1. The molecule has 0 aliphatic heterocycles. The molecule has 0 saturated carbocycles. The van der Waals surface area contributed by atoms with Crippen molar-refractivity contribution in [3.63, 3.8) is 0 Å². The zero-order chi connectivity index (χ0) is 14.8. The van der Waals surface area contributed by atoms with E-state index in [9.17, 15) is 14.7 Å². The Bertz CT molecular complexity index is 485. The Morgan fingerprint density at radius 2 is 2.00 bits per heavy atom. The average Bonchev–Trinajstić information content (AvgIpc) is 2.65. The Hall–Kier alpha value is -1.36. The molecule has 1 heterocycles. The minimum Gasteiger partial charge on any atom is -0.480 e. The zero-order valence-corrected chi connectivity index (χ0v) is 12.9. The number of thiophene rings is 1. The zero-order valence-electron chi connectivity index (χ0n) is 12.0. The van der Waals surface area contributed by atoms with Crippen molar-refractivity contribution in [1.82, 2.24) is 5.32 Å². The normalized spacial score (nSPS) is 13.1. The van der Waals surface area contributed by atoms with Gasteiger partial charge in [0.1, 0.15) is 6.04 Å². The Labute approximate surface area is 117 Å². The summed E-state index contributed by atoms with van der Waals surface area (Å²) in [6.07, 6.45) is 0.872. The van der Waals surface area contributed by atoms with Crippen molar-refractivity contribution < 1.29 is 14.7 Å². The van der Waals surface area contributed by atoms with Crippen molar-refractivity contribution in [3.05, 3.63) is 21.4 Å². The van der Waals surface area contributed by atoms with E-state index in [1.165, 1.54) is 11.3 Å². The maximum Gasteiger partial charge on any atom is 0.326 e. The Kier molecular flexibility index (Phi) is 4.74. The van der Waals surface area contributed by atoms with Crippen LogP contribution in [0.2, 0.25) is 0 Å². The van der Waals surface area contributed by atoms with Crippen molar-refractivity contribution in [3.8, 4) is 0 Å². The number of aryl methyl sites for hydroxylation is 2. The van der Waals surface area contributed by atoms with Crippen LogP contribution in [-0.4, -0.2) is 23.0 Å². The molecule has 0 bridgehead atoms. The number of aliphatic carboxylic acids is 1. The van der Waals surface area contributed by atoms with Gasteiger partial charge in [0.05, 0.1) is 4.88 Å². The molecule has 1 aromatic heterocycles. The largest absolute Gasteiger partial charge is 0.480 e. The van der Waals surface area contributed by atoms with Crippen LogP contribution in [0.3, 0.4) is 0 Å². The molecule has 0 aliphatic rings. The first-order valence-electron chi connectivity index (χ1n) is 6.29. The number of rotatable bonds is 4. The van der Waals surface area contributed by atoms with Crippen molar-refractivity contribution in [2.75, 3.05) is 0 Å². The van der Waals surface area contributed by atoms with Crippen LogP contribution in [0.4, 0.5) is 0 Å². The van der Waals surface area contributed by atoms with Gasteiger partial charge < -0.3 is 10.4 Å². The van der Waals surface area contributed by atoms with E-state index in [2.05, 4.69) is 5.32 Å². The molecular weight excluding hydrogens is 262 g/mol. The number of carbonyl (C=O) groups is 2. The molecule has 4 nitrogen and oxygen atoms in total. The topological polar surface area (TPSA) is 66.4 Å². The smallest absolute Gasteiger partial charge is 0.326 e. The molecule has 0 radical (unpaired) electrons. The molecule has 1 aromatic rings. The highest BCUT2D eigenvalue weighted by Crippen LogP contribution is 2.24. The highest BCUT2D eigenvalue weighted by atomic mass is 32.1. The van der Waals surface area contributed by atoms with Gasteiger partial charge >= 0.3 is 5.97 Å². The SMILES string of the molecule is CCc1cc(C(=O)NC(C(=O)O)C(C)(C)C)sc1C. The summed E-state index contributed by atoms with van der Waals surface area (Å²) >= 11 is 1.41. The van der Waals surface area contributed by atoms with E-state index in [0.29, 0.717) is 4.88 Å². The van der Waals surface area contributed by atoms with Crippen molar-refractivity contribution in [1.29, 1.82) is 0 Å². The molecule has 0 spiro atoms. The third-order valence-corrected chi connectivity index (χ3v) is 4.11. The highest BCUT2D eigenvalue weighted by Gasteiger charge is 2.33. The van der Waals surface area contributed by atoms with Gasteiger partial charge in [0.15, 0.2) is 0 Å². The maximum atomic E-state index is 12.1. The van der Waals surface area contributed by atoms with E-state index >= 15 is 0 Å². The Morgan fingerprint density at radius 3 is 2.37 bits per heavy atom. The van der Waals surface area contributed by atoms with E-state index in [1.54, 1.807) is 20.8 Å². The van der Waals surface area contributed by atoms with E-state index in [4.69, 9.17) is 0 Å². The minimum absolute atomic E-state index is 0.310. The number of carbonyl (C=O) groups excluding carboxylic acids is 1. The molecule has 1 unspecified atom stereocenters. The van der Waals surface area contributed by atoms with E-state index in [1.807, 2.05) is 19.9 Å². The summed E-state index contributed by atoms with van der Waals surface area (Å²) in [5.41, 5.74) is 0.610. The lowest BCUT2D eigenvalue weighted by Gasteiger charge is -2.27. The summed E-state index contributed by atoms with van der Waals surface area (Å²) in [6.45, 7) is 9.39. The summed E-state index contributed by atoms with van der Waals surface area (Å²) < 4.78 is 0. The second-order valence-corrected chi connectivity index (χ2v) is 6.91. The average molecular weight is 283 g/mol. The molecule has 0 fully saturated rings. The van der Waals surface area contributed by atoms with Crippen LogP contribution in [-0.2, 0) is 11.2 Å². The second kappa shape index (κ2) is 5.74. The number of amides is 1. The molecule has 0 aliphatic carbocycles. The second-order valence-electron chi connectivity index (χ2n) is 5.66. The number of carboxylic acid groups (broad SMARTS) is 1. The van der Waals surface area contributed by atoms with Crippen LogP contribution in [0, 0.1) is 12.3 Å². The number of nitrogens with one attached hydrogen (secondary N) is 1. The third kappa shape index (κ3) is 3.80. The van der Waals surface area contributed by atoms with E-state index in [-0.39, 0.29) is 5.91 Å². The van der Waals surface area contributed by atoms with Gasteiger partial charge in [0, 0.05) is 4.88 Å². The number of hydrogen-bond donors (Lipinski definition) is 2. The van der Waals surface area contributed by atoms with Gasteiger partial charge in [-0.1, -0.05) is 27.7 Å². The minimum atomic E-state index is -1.01. The molecule has 1 rings (SSSR count). The van der Waals surface area contributed by atoms with Crippen LogP contribution < -0.4 is 5.32 Å². The molecular formula is C14H21NO3S. The molecule has 19 heavy (non-hydrogen) atoms. The summed E-state index contributed by atoms with van der Waals surface area (Å²) in [4.78, 5) is 25.0. The van der Waals surface area contributed by atoms with E-state index in [0.717, 1.165) is 16.9 Å². The lowest BCUT2D eigenvalue weighted by atomic mass is 9.87. The molecule has 1 amide bonds. The van der Waals surface area contributed by atoms with Gasteiger partial charge in [-0.05, 0) is 30.4 Å². The highest BCUT2D eigenvalue weighted by molar-refractivity contribution is 7.14. The summed E-state index contributed by atoms with van der Waals surface area (Å²) in [6, 6.07) is 0.948. The van der Waals surface area contributed by atoms with Gasteiger partial charge in [-0.15, -0.1) is 11.3 Å². The van der Waals surface area contributed by atoms with E-state index < -0.39 is 17.4 Å². The predicted molar refractivity (Wildman–Crippen MR) is 76.8 cm³/mol. The number of carboxylic acids is 1. The molecule has 2 N–H and O–H groups in total. The monoisotopic (exact) mass is 283 g/mol. The van der Waals surface area contributed by atoms with Gasteiger partial charge in [-0.2, -0.15) is 0 Å². The quantitative estimate of drug-likeness (QED) is 0.893. The molecule has 106 valence electrons. The Balaban J connectivity index is 2.91. The first-order chi connectivity index (χ1) is 8.66. The fraction of sp³-hybridized carbons (Fsp3) is 0.571. The van der Waals surface area contributed by atoms with Crippen LogP contribution >= 0.6 is 11.3 Å². The fourth-order valence-electron chi connectivity index (χ4n) is 1.83. The van der Waals surface area contributed by atoms with Crippen LogP contribution in [0.5, 0.6) is 0 Å². The van der Waals surface area contributed by atoms with Crippen molar-refractivity contribution in [2.45, 2.75) is 47.1 Å². The Morgan fingerprint density at radius 1 is 1.42 bits per heavy atom. The van der Waals surface area contributed by atoms with Gasteiger partial charge in [0.2, 0.25) is 0 Å². The third-order valence-electron chi connectivity index (χ3n) is 3.01. The van der Waals surface area contributed by atoms with Crippen LogP contribution in [0.15, 0.2) is 6.07 Å². The summed E-state index contributed by atoms with van der Waals surface area (Å²) in [5, 5.41) is 11.8. The number of hydrogen-bond acceptors (Lipinski definition) is 3. The van der Waals surface area contributed by atoms with Crippen molar-refractivity contribution in [2.24, 2.45) is 5.41 Å².